The first-order valence-electron chi connectivity index (χ1n) is 9.05. The lowest BCUT2D eigenvalue weighted by Crippen LogP contribution is -2.33. The number of nitrogens with zero attached hydrogens (tertiary/aromatic N) is 5. The smallest absolute Gasteiger partial charge is 0.245 e. The van der Waals surface area contributed by atoms with Crippen molar-refractivity contribution in [2.45, 2.75) is 64.3 Å². The number of rotatable bonds is 5. The third kappa shape index (κ3) is 3.10. The summed E-state index contributed by atoms with van der Waals surface area (Å²) in [6, 6.07) is 2.29. The van der Waals surface area contributed by atoms with Crippen LogP contribution in [-0.2, 0) is 17.8 Å². The van der Waals surface area contributed by atoms with Crippen molar-refractivity contribution < 1.29 is 9.15 Å². The molecule has 24 heavy (non-hydrogen) atoms. The number of likely N-dealkylation sites (tertiary alicyclic amines) is 1. The van der Waals surface area contributed by atoms with Gasteiger partial charge in [-0.1, -0.05) is 6.42 Å². The van der Waals surface area contributed by atoms with Crippen molar-refractivity contribution in [2.24, 2.45) is 0 Å². The molecule has 0 amide bonds. The van der Waals surface area contributed by atoms with E-state index in [-0.39, 0.29) is 12.1 Å². The van der Waals surface area contributed by atoms with E-state index in [1.165, 1.54) is 18.5 Å². The second-order valence-corrected chi connectivity index (χ2v) is 6.60. The summed E-state index contributed by atoms with van der Waals surface area (Å²) in [5, 5.41) is 13.0. The van der Waals surface area contributed by atoms with Gasteiger partial charge in [0.1, 0.15) is 6.10 Å². The van der Waals surface area contributed by atoms with Crippen molar-refractivity contribution in [3.8, 4) is 0 Å². The molecule has 0 aliphatic carbocycles. The highest BCUT2D eigenvalue weighted by atomic mass is 16.5. The van der Waals surface area contributed by atoms with Gasteiger partial charge in [0.25, 0.3) is 0 Å². The minimum Gasteiger partial charge on any atom is -0.421 e. The summed E-state index contributed by atoms with van der Waals surface area (Å²) >= 11 is 0. The molecule has 0 radical (unpaired) electrons. The zero-order valence-corrected chi connectivity index (χ0v) is 14.2. The van der Waals surface area contributed by atoms with E-state index in [0.717, 1.165) is 51.4 Å². The van der Waals surface area contributed by atoms with Crippen molar-refractivity contribution >= 4 is 0 Å². The molecular weight excluding hydrogens is 306 g/mol. The average molecular weight is 331 g/mol. The van der Waals surface area contributed by atoms with Gasteiger partial charge in [-0.05, 0) is 45.2 Å². The van der Waals surface area contributed by atoms with Crippen LogP contribution in [0.1, 0.15) is 68.6 Å². The maximum atomic E-state index is 6.00. The molecule has 0 unspecified atom stereocenters. The van der Waals surface area contributed by atoms with Gasteiger partial charge in [-0.15, -0.1) is 10.2 Å². The molecule has 2 aromatic rings. The Morgan fingerprint density at radius 3 is 2.92 bits per heavy atom. The summed E-state index contributed by atoms with van der Waals surface area (Å²) in [6.45, 7) is 5.73. The van der Waals surface area contributed by atoms with Gasteiger partial charge in [-0.2, -0.15) is 5.10 Å². The van der Waals surface area contributed by atoms with Crippen molar-refractivity contribution in [2.75, 3.05) is 13.2 Å². The summed E-state index contributed by atoms with van der Waals surface area (Å²) in [6.07, 6.45) is 7.39. The van der Waals surface area contributed by atoms with Crippen molar-refractivity contribution in [3.05, 3.63) is 29.7 Å². The lowest BCUT2D eigenvalue weighted by molar-refractivity contribution is 0.0789. The Morgan fingerprint density at radius 1 is 1.17 bits per heavy atom. The molecule has 0 aromatic carbocycles. The molecule has 2 atom stereocenters. The topological polar surface area (TPSA) is 69.2 Å². The Bertz CT molecular complexity index is 661. The van der Waals surface area contributed by atoms with Gasteiger partial charge in [0, 0.05) is 25.9 Å². The molecule has 2 saturated heterocycles. The fourth-order valence-corrected chi connectivity index (χ4v) is 3.73. The van der Waals surface area contributed by atoms with Crippen LogP contribution in [0.25, 0.3) is 0 Å². The summed E-state index contributed by atoms with van der Waals surface area (Å²) in [5.41, 5.74) is 1.24. The lowest BCUT2D eigenvalue weighted by atomic mass is 10.0. The summed E-state index contributed by atoms with van der Waals surface area (Å²) in [4.78, 5) is 2.44. The Balaban J connectivity index is 1.51. The number of ether oxygens (including phenoxy) is 1. The highest BCUT2D eigenvalue weighted by Crippen LogP contribution is 2.34. The first kappa shape index (κ1) is 15.8. The van der Waals surface area contributed by atoms with Crippen LogP contribution in [0.5, 0.6) is 0 Å². The van der Waals surface area contributed by atoms with E-state index < -0.39 is 0 Å². The van der Waals surface area contributed by atoms with E-state index in [1.54, 1.807) is 0 Å². The molecule has 2 aromatic heterocycles. The van der Waals surface area contributed by atoms with Crippen molar-refractivity contribution in [1.29, 1.82) is 0 Å². The largest absolute Gasteiger partial charge is 0.421 e. The zero-order valence-electron chi connectivity index (χ0n) is 14.2. The lowest BCUT2D eigenvalue weighted by Gasteiger charge is -2.33. The Kier molecular flexibility index (Phi) is 4.62. The molecule has 130 valence electrons. The molecule has 2 aliphatic heterocycles. The van der Waals surface area contributed by atoms with Gasteiger partial charge >= 0.3 is 0 Å². The minimum absolute atomic E-state index is 0.00943. The average Bonchev–Trinajstić information content (AvgIpc) is 3.36. The number of aryl methyl sites for hydroxylation is 1. The second-order valence-electron chi connectivity index (χ2n) is 6.60. The SMILES string of the molecule is CCn1nccc1CN1CCCC[C@H]1c1nnc([C@H]2CCCO2)o1. The Hall–Kier alpha value is -1.73. The molecule has 4 heterocycles. The van der Waals surface area contributed by atoms with E-state index in [9.17, 15) is 0 Å². The predicted octanol–water partition coefficient (Wildman–Crippen LogP) is 2.86. The molecule has 0 spiro atoms. The van der Waals surface area contributed by atoms with Crippen LogP contribution in [0.15, 0.2) is 16.7 Å². The van der Waals surface area contributed by atoms with Crippen molar-refractivity contribution in [3.63, 3.8) is 0 Å². The number of hydrogen-bond acceptors (Lipinski definition) is 6. The molecule has 4 rings (SSSR count). The van der Waals surface area contributed by atoms with E-state index in [2.05, 4.69) is 37.9 Å². The predicted molar refractivity (Wildman–Crippen MR) is 87.1 cm³/mol. The van der Waals surface area contributed by atoms with Gasteiger partial charge < -0.3 is 9.15 Å². The molecule has 0 saturated carbocycles. The number of hydrogen-bond donors (Lipinski definition) is 0. The van der Waals surface area contributed by atoms with Crippen LogP contribution in [0.2, 0.25) is 0 Å². The zero-order chi connectivity index (χ0) is 16.4. The fourth-order valence-electron chi connectivity index (χ4n) is 3.73. The molecule has 2 fully saturated rings. The molecule has 7 nitrogen and oxygen atoms in total. The number of piperidine rings is 1. The van der Waals surface area contributed by atoms with E-state index in [1.807, 2.05) is 6.20 Å². The van der Waals surface area contributed by atoms with Crippen LogP contribution < -0.4 is 0 Å². The third-order valence-electron chi connectivity index (χ3n) is 5.03. The fraction of sp³-hybridized carbons (Fsp3) is 0.706. The normalized spacial score (nSPS) is 25.4. The van der Waals surface area contributed by atoms with Crippen LogP contribution >= 0.6 is 0 Å². The first-order chi connectivity index (χ1) is 11.8. The third-order valence-corrected chi connectivity index (χ3v) is 5.03. The summed E-state index contributed by atoms with van der Waals surface area (Å²) < 4.78 is 13.7. The Labute approximate surface area is 142 Å². The quantitative estimate of drug-likeness (QED) is 0.839. The maximum Gasteiger partial charge on any atom is 0.245 e. The summed E-state index contributed by atoms with van der Waals surface area (Å²) in [7, 11) is 0. The molecule has 0 bridgehead atoms. The monoisotopic (exact) mass is 331 g/mol. The van der Waals surface area contributed by atoms with Crippen LogP contribution in [-0.4, -0.2) is 38.0 Å². The highest BCUT2D eigenvalue weighted by Gasteiger charge is 2.31. The first-order valence-corrected chi connectivity index (χ1v) is 9.05. The van der Waals surface area contributed by atoms with Gasteiger partial charge in [0.05, 0.1) is 11.7 Å². The van der Waals surface area contributed by atoms with Gasteiger partial charge in [0.2, 0.25) is 11.8 Å². The van der Waals surface area contributed by atoms with E-state index in [4.69, 9.17) is 9.15 Å². The maximum absolute atomic E-state index is 6.00. The minimum atomic E-state index is -0.00943. The summed E-state index contributed by atoms with van der Waals surface area (Å²) in [5.74, 6) is 1.38. The van der Waals surface area contributed by atoms with Crippen LogP contribution in [0, 0.1) is 0 Å². The molecule has 2 aliphatic rings. The van der Waals surface area contributed by atoms with Crippen LogP contribution in [0.3, 0.4) is 0 Å². The number of aromatic nitrogens is 4. The Morgan fingerprint density at radius 2 is 2.08 bits per heavy atom. The van der Waals surface area contributed by atoms with E-state index in [0.29, 0.717) is 5.89 Å². The molecule has 0 N–H and O–H groups in total. The second kappa shape index (κ2) is 7.03. The van der Waals surface area contributed by atoms with Crippen LogP contribution in [0.4, 0.5) is 0 Å². The highest BCUT2D eigenvalue weighted by molar-refractivity contribution is 5.03. The van der Waals surface area contributed by atoms with Gasteiger partial charge in [-0.3, -0.25) is 9.58 Å². The van der Waals surface area contributed by atoms with Crippen molar-refractivity contribution in [1.82, 2.24) is 24.9 Å². The van der Waals surface area contributed by atoms with E-state index >= 15 is 0 Å². The van der Waals surface area contributed by atoms with Gasteiger partial charge in [0.15, 0.2) is 0 Å². The van der Waals surface area contributed by atoms with Gasteiger partial charge in [-0.25, -0.2) is 0 Å². The molecular formula is C17H25N5O2. The standard InChI is InChI=1S/C17H25N5O2/c1-2-22-13(8-9-18-22)12-21-10-4-3-6-14(21)16-19-20-17(24-16)15-7-5-11-23-15/h8-9,14-15H,2-7,10-12H2,1H3/t14-,15+/m0/s1. The molecule has 7 heteroatoms.